The molecule has 0 bridgehead atoms. The maximum absolute atomic E-state index is 13.9. The summed E-state index contributed by atoms with van der Waals surface area (Å²) >= 11 is 0. The molecule has 0 spiro atoms. The first-order chi connectivity index (χ1) is 24.2. The zero-order valence-corrected chi connectivity index (χ0v) is 31.4. The van der Waals surface area contributed by atoms with Crippen molar-refractivity contribution in [3.05, 3.63) is 102 Å². The lowest BCUT2D eigenvalue weighted by Crippen LogP contribution is -2.50. The zero-order valence-electron chi connectivity index (χ0n) is 30.6. The molecule has 1 aliphatic heterocycles. The summed E-state index contributed by atoms with van der Waals surface area (Å²) in [6.07, 6.45) is 0.0122. The number of rotatable bonds is 15. The Morgan fingerprint density at radius 3 is 2.08 bits per heavy atom. The average molecular weight is 715 g/mol. The lowest BCUT2D eigenvalue weighted by Gasteiger charge is -2.30. The van der Waals surface area contributed by atoms with Crippen LogP contribution in [0.3, 0.4) is 0 Å². The average Bonchev–Trinajstić information content (AvgIpc) is 3.57. The Hall–Kier alpha value is -4.45. The van der Waals surface area contributed by atoms with E-state index in [1.165, 1.54) is 0 Å². The van der Waals surface area contributed by atoms with Gasteiger partial charge in [-0.05, 0) is 93.3 Å². The number of nitrogens with one attached hydrogen (secondary N) is 2. The summed E-state index contributed by atoms with van der Waals surface area (Å²) in [5.41, 5.74) is 2.59. The molecule has 4 aromatic rings. The van der Waals surface area contributed by atoms with Crippen LogP contribution in [0, 0.1) is 0 Å². The molecule has 51 heavy (non-hydrogen) atoms. The first kappa shape index (κ1) is 37.8. The van der Waals surface area contributed by atoms with E-state index in [1.807, 2.05) is 50.2 Å². The Labute approximate surface area is 302 Å². The van der Waals surface area contributed by atoms with E-state index in [2.05, 4.69) is 54.8 Å². The fourth-order valence-corrected chi connectivity index (χ4v) is 7.53. The van der Waals surface area contributed by atoms with Crippen LogP contribution >= 0.6 is 0 Å². The van der Waals surface area contributed by atoms with Crippen molar-refractivity contribution in [3.8, 4) is 11.5 Å². The Morgan fingerprint density at radius 1 is 0.765 bits per heavy atom. The SMILES string of the molecule is CC(C)N(C)C(=O)C(Cc1ccc(CN(C(C)C)C(C)C)cc1)NC(=O)CC(NS(=O)(=O)c1ccc2ccccc2c1)c1ccc2c(c1)OCO2. The van der Waals surface area contributed by atoms with Gasteiger partial charge in [-0.25, -0.2) is 13.1 Å². The number of amides is 2. The number of hydrogen-bond acceptors (Lipinski definition) is 7. The minimum absolute atomic E-state index is 0.0502. The van der Waals surface area contributed by atoms with Crippen molar-refractivity contribution >= 4 is 32.6 Å². The maximum Gasteiger partial charge on any atom is 0.245 e. The number of sulfonamides is 1. The summed E-state index contributed by atoms with van der Waals surface area (Å²) in [6.45, 7) is 13.4. The first-order valence-electron chi connectivity index (χ1n) is 17.5. The summed E-state index contributed by atoms with van der Waals surface area (Å²) in [5, 5.41) is 4.64. The molecule has 2 amide bonds. The van der Waals surface area contributed by atoms with Crippen molar-refractivity contribution in [1.82, 2.24) is 19.8 Å². The normalized spacial score (nSPS) is 14.0. The van der Waals surface area contributed by atoms with Crippen LogP contribution < -0.4 is 19.5 Å². The molecule has 2 N–H and O–H groups in total. The van der Waals surface area contributed by atoms with Crippen molar-refractivity contribution in [2.45, 2.75) is 96.0 Å². The molecule has 0 aliphatic carbocycles. The second-order valence-corrected chi connectivity index (χ2v) is 15.8. The molecule has 11 heteroatoms. The number of benzene rings is 4. The third-order valence-corrected chi connectivity index (χ3v) is 10.9. The van der Waals surface area contributed by atoms with Crippen molar-refractivity contribution in [2.75, 3.05) is 13.8 Å². The molecule has 1 heterocycles. The van der Waals surface area contributed by atoms with Crippen LogP contribution in [-0.4, -0.2) is 68.0 Å². The molecule has 2 unspecified atom stereocenters. The summed E-state index contributed by atoms with van der Waals surface area (Å²) < 4.78 is 41.4. The molecule has 0 saturated heterocycles. The van der Waals surface area contributed by atoms with Crippen LogP contribution in [0.25, 0.3) is 10.8 Å². The Bertz CT molecular complexity index is 1940. The van der Waals surface area contributed by atoms with Gasteiger partial charge in [-0.2, -0.15) is 0 Å². The highest BCUT2D eigenvalue weighted by atomic mass is 32.2. The van der Waals surface area contributed by atoms with Crippen molar-refractivity contribution in [2.24, 2.45) is 0 Å². The van der Waals surface area contributed by atoms with E-state index in [1.54, 1.807) is 48.3 Å². The molecule has 10 nitrogen and oxygen atoms in total. The van der Waals surface area contributed by atoms with E-state index in [0.717, 1.165) is 28.4 Å². The van der Waals surface area contributed by atoms with E-state index in [4.69, 9.17) is 9.47 Å². The van der Waals surface area contributed by atoms with Gasteiger partial charge in [-0.15, -0.1) is 0 Å². The molecule has 0 aromatic heterocycles. The number of nitrogens with zero attached hydrogens (tertiary/aromatic N) is 2. The van der Waals surface area contributed by atoms with Gasteiger partial charge in [0.05, 0.1) is 10.9 Å². The molecule has 272 valence electrons. The Morgan fingerprint density at radius 2 is 1.41 bits per heavy atom. The van der Waals surface area contributed by atoms with Gasteiger partial charge >= 0.3 is 0 Å². The van der Waals surface area contributed by atoms with Crippen LogP contribution in [0.5, 0.6) is 11.5 Å². The van der Waals surface area contributed by atoms with E-state index in [0.29, 0.717) is 29.1 Å². The van der Waals surface area contributed by atoms with Crippen molar-refractivity contribution in [3.63, 3.8) is 0 Å². The Balaban J connectivity index is 1.39. The molecule has 0 saturated carbocycles. The minimum Gasteiger partial charge on any atom is -0.454 e. The highest BCUT2D eigenvalue weighted by Gasteiger charge is 2.30. The highest BCUT2D eigenvalue weighted by Crippen LogP contribution is 2.35. The second-order valence-electron chi connectivity index (χ2n) is 14.0. The number of likely N-dealkylation sites (N-methyl/N-ethyl adjacent to an activating group) is 1. The van der Waals surface area contributed by atoms with E-state index in [-0.39, 0.29) is 36.5 Å². The third-order valence-electron chi connectivity index (χ3n) is 9.43. The molecular formula is C40H50N4O6S. The molecular weight excluding hydrogens is 665 g/mol. The van der Waals surface area contributed by atoms with E-state index in [9.17, 15) is 18.0 Å². The topological polar surface area (TPSA) is 117 Å². The second kappa shape index (κ2) is 16.3. The van der Waals surface area contributed by atoms with Gasteiger partial charge < -0.3 is 19.7 Å². The van der Waals surface area contributed by atoms with Gasteiger partial charge in [0.1, 0.15) is 6.04 Å². The predicted octanol–water partition coefficient (Wildman–Crippen LogP) is 6.19. The van der Waals surface area contributed by atoms with Gasteiger partial charge in [-0.3, -0.25) is 14.5 Å². The standard InChI is InChI=1S/C40H50N4O6S/c1-26(2)43(7)40(46)36(20-29-12-14-30(15-13-29)24-44(27(3)4)28(5)6)41-39(45)23-35(33-17-19-37-38(22-33)50-25-49-37)42-51(47,48)34-18-16-31-10-8-9-11-32(31)21-34/h8-19,21-22,26-28,35-36,42H,20,23-25H2,1-7H3,(H,41,45). The largest absolute Gasteiger partial charge is 0.454 e. The van der Waals surface area contributed by atoms with Gasteiger partial charge in [0, 0.05) is 44.6 Å². The lowest BCUT2D eigenvalue weighted by atomic mass is 10.0. The fraction of sp³-hybridized carbons (Fsp3) is 0.400. The number of ether oxygens (including phenoxy) is 2. The smallest absolute Gasteiger partial charge is 0.245 e. The number of carbonyl (C=O) groups is 2. The van der Waals surface area contributed by atoms with Crippen LogP contribution in [0.4, 0.5) is 0 Å². The van der Waals surface area contributed by atoms with Crippen molar-refractivity contribution < 1.29 is 27.5 Å². The maximum atomic E-state index is 13.9. The summed E-state index contributed by atoms with van der Waals surface area (Å²) in [5.74, 6) is 0.289. The molecule has 1 aliphatic rings. The zero-order chi connectivity index (χ0) is 36.9. The van der Waals surface area contributed by atoms with Crippen molar-refractivity contribution in [1.29, 1.82) is 0 Å². The number of fused-ring (bicyclic) bond motifs is 2. The van der Waals surface area contributed by atoms with Crippen LogP contribution in [0.1, 0.15) is 70.7 Å². The van der Waals surface area contributed by atoms with E-state index < -0.39 is 28.0 Å². The van der Waals surface area contributed by atoms with Crippen LogP contribution in [0.2, 0.25) is 0 Å². The van der Waals surface area contributed by atoms with Gasteiger partial charge in [0.25, 0.3) is 0 Å². The summed E-state index contributed by atoms with van der Waals surface area (Å²) in [4.78, 5) is 31.7. The molecule has 0 fully saturated rings. The quantitative estimate of drug-likeness (QED) is 0.151. The highest BCUT2D eigenvalue weighted by molar-refractivity contribution is 7.89. The lowest BCUT2D eigenvalue weighted by molar-refractivity contribution is -0.136. The third kappa shape index (κ3) is 9.46. The van der Waals surface area contributed by atoms with E-state index >= 15 is 0 Å². The molecule has 4 aromatic carbocycles. The van der Waals surface area contributed by atoms with Gasteiger partial charge in [-0.1, -0.05) is 60.7 Å². The van der Waals surface area contributed by atoms with Crippen LogP contribution in [0.15, 0.2) is 89.8 Å². The summed E-state index contributed by atoms with van der Waals surface area (Å²) in [6, 6.07) is 24.5. The van der Waals surface area contributed by atoms with Gasteiger partial charge in [0.2, 0.25) is 28.6 Å². The Kier molecular flexibility index (Phi) is 12.1. The molecule has 0 radical (unpaired) electrons. The van der Waals surface area contributed by atoms with Crippen LogP contribution in [-0.2, 0) is 32.6 Å². The number of carbonyl (C=O) groups excluding carboxylic acids is 2. The van der Waals surface area contributed by atoms with Gasteiger partial charge in [0.15, 0.2) is 11.5 Å². The first-order valence-corrected chi connectivity index (χ1v) is 19.0. The number of hydrogen-bond donors (Lipinski definition) is 2. The predicted molar refractivity (Wildman–Crippen MR) is 200 cm³/mol. The molecule has 2 atom stereocenters. The minimum atomic E-state index is -4.08. The molecule has 5 rings (SSSR count). The summed E-state index contributed by atoms with van der Waals surface area (Å²) in [7, 11) is -2.36. The monoisotopic (exact) mass is 714 g/mol. The fourth-order valence-electron chi connectivity index (χ4n) is 6.28.